The number of carbonyl (C=O) groups excluding carboxylic acids is 2. The Hall–Kier alpha value is -3.41. The summed E-state index contributed by atoms with van der Waals surface area (Å²) in [6.45, 7) is 3.44. The van der Waals surface area contributed by atoms with Gasteiger partial charge in [-0.15, -0.1) is 11.3 Å². The second kappa shape index (κ2) is 9.60. The van der Waals surface area contributed by atoms with Crippen molar-refractivity contribution in [2.45, 2.75) is 26.2 Å². The summed E-state index contributed by atoms with van der Waals surface area (Å²) in [6.07, 6.45) is 6.25. The molecule has 12 heteroatoms. The minimum Gasteiger partial charge on any atom is -0.466 e. The molecule has 0 bridgehead atoms. The molecule has 162 valence electrons. The zero-order valence-corrected chi connectivity index (χ0v) is 17.8. The fraction of sp³-hybridized carbons (Fsp3) is 0.421. The van der Waals surface area contributed by atoms with Crippen molar-refractivity contribution in [3.8, 4) is 5.82 Å². The Kier molecular flexibility index (Phi) is 6.46. The van der Waals surface area contributed by atoms with E-state index < -0.39 is 0 Å². The maximum Gasteiger partial charge on any atom is 0.311 e. The number of nitrogens with one attached hydrogen (secondary N) is 1. The third-order valence-electron chi connectivity index (χ3n) is 4.82. The van der Waals surface area contributed by atoms with Crippen molar-refractivity contribution in [2.75, 3.05) is 29.9 Å². The maximum atomic E-state index is 12.8. The highest BCUT2D eigenvalue weighted by molar-refractivity contribution is 7.13. The van der Waals surface area contributed by atoms with Crippen LogP contribution in [0.25, 0.3) is 5.82 Å². The summed E-state index contributed by atoms with van der Waals surface area (Å²) in [6, 6.07) is 1.83. The van der Waals surface area contributed by atoms with Crippen molar-refractivity contribution >= 4 is 34.2 Å². The van der Waals surface area contributed by atoms with E-state index in [1.54, 1.807) is 23.3 Å². The number of thiazole rings is 1. The van der Waals surface area contributed by atoms with Crippen LogP contribution in [0.5, 0.6) is 0 Å². The standard InChI is InChI=1S/C19H22N8O3S/c1-2-30-17(28)6-14-9-31-19(24-14)25-18(29)13-4-3-5-26(8-13)15-7-16(22-11-21-15)27-12-20-10-23-27/h7,9-13H,2-6,8H2,1H3,(H,24,25,29)/t13-/m0/s1. The second-order valence-electron chi connectivity index (χ2n) is 6.97. The number of aromatic nitrogens is 6. The van der Waals surface area contributed by atoms with Crippen LogP contribution in [0.15, 0.2) is 30.4 Å². The van der Waals surface area contributed by atoms with Crippen LogP contribution < -0.4 is 10.2 Å². The Morgan fingerprint density at radius 2 is 2.16 bits per heavy atom. The molecule has 3 aromatic heterocycles. The predicted molar refractivity (Wildman–Crippen MR) is 113 cm³/mol. The van der Waals surface area contributed by atoms with Gasteiger partial charge in [0.2, 0.25) is 5.91 Å². The van der Waals surface area contributed by atoms with Crippen LogP contribution in [0.2, 0.25) is 0 Å². The van der Waals surface area contributed by atoms with Gasteiger partial charge in [-0.1, -0.05) is 0 Å². The molecular formula is C19H22N8O3S. The Morgan fingerprint density at radius 1 is 1.29 bits per heavy atom. The number of rotatable bonds is 7. The number of hydrogen-bond donors (Lipinski definition) is 1. The average Bonchev–Trinajstić information content (AvgIpc) is 3.47. The van der Waals surface area contributed by atoms with E-state index in [1.807, 2.05) is 6.07 Å². The van der Waals surface area contributed by atoms with Gasteiger partial charge >= 0.3 is 5.97 Å². The van der Waals surface area contributed by atoms with Crippen molar-refractivity contribution in [1.29, 1.82) is 0 Å². The van der Waals surface area contributed by atoms with Gasteiger partial charge in [-0.3, -0.25) is 9.59 Å². The molecule has 0 unspecified atom stereocenters. The van der Waals surface area contributed by atoms with E-state index in [-0.39, 0.29) is 24.2 Å². The number of piperidine rings is 1. The molecule has 1 fully saturated rings. The van der Waals surface area contributed by atoms with Crippen LogP contribution in [0.1, 0.15) is 25.5 Å². The van der Waals surface area contributed by atoms with Crippen molar-refractivity contribution in [1.82, 2.24) is 29.7 Å². The normalized spacial score (nSPS) is 16.2. The van der Waals surface area contributed by atoms with Gasteiger partial charge in [-0.2, -0.15) is 5.10 Å². The lowest BCUT2D eigenvalue weighted by atomic mass is 9.97. The van der Waals surface area contributed by atoms with Crippen LogP contribution in [-0.2, 0) is 20.7 Å². The van der Waals surface area contributed by atoms with Crippen molar-refractivity contribution in [3.63, 3.8) is 0 Å². The van der Waals surface area contributed by atoms with Gasteiger partial charge in [-0.25, -0.2) is 24.6 Å². The van der Waals surface area contributed by atoms with Crippen molar-refractivity contribution in [2.24, 2.45) is 5.92 Å². The van der Waals surface area contributed by atoms with Gasteiger partial charge in [0.1, 0.15) is 24.8 Å². The molecule has 1 atom stereocenters. The number of hydrogen-bond acceptors (Lipinski definition) is 10. The molecule has 4 rings (SSSR count). The quantitative estimate of drug-likeness (QED) is 0.541. The number of amides is 1. The molecule has 0 radical (unpaired) electrons. The lowest BCUT2D eigenvalue weighted by Gasteiger charge is -2.32. The molecule has 1 aliphatic heterocycles. The van der Waals surface area contributed by atoms with Crippen LogP contribution >= 0.6 is 11.3 Å². The molecule has 1 aliphatic rings. The molecule has 11 nitrogen and oxygen atoms in total. The van der Waals surface area contributed by atoms with Crippen LogP contribution in [-0.4, -0.2) is 61.3 Å². The van der Waals surface area contributed by atoms with E-state index in [0.29, 0.717) is 29.8 Å². The summed E-state index contributed by atoms with van der Waals surface area (Å²) in [4.78, 5) is 43.3. The van der Waals surface area contributed by atoms with E-state index in [1.165, 1.54) is 24.0 Å². The van der Waals surface area contributed by atoms with Gasteiger partial charge in [0.15, 0.2) is 10.9 Å². The number of nitrogens with zero attached hydrogens (tertiary/aromatic N) is 7. The molecule has 0 saturated carbocycles. The number of esters is 1. The first-order valence-corrected chi connectivity index (χ1v) is 10.8. The van der Waals surface area contributed by atoms with Gasteiger partial charge in [0.25, 0.3) is 0 Å². The summed E-state index contributed by atoms with van der Waals surface area (Å²) in [5.41, 5.74) is 0.589. The monoisotopic (exact) mass is 442 g/mol. The zero-order chi connectivity index (χ0) is 21.6. The Labute approximate surface area is 182 Å². The highest BCUT2D eigenvalue weighted by Crippen LogP contribution is 2.24. The highest BCUT2D eigenvalue weighted by Gasteiger charge is 2.27. The SMILES string of the molecule is CCOC(=O)Cc1csc(NC(=O)[C@H]2CCCN(c3cc(-n4cncn4)ncn3)C2)n1. The molecule has 4 heterocycles. The van der Waals surface area contributed by atoms with E-state index in [2.05, 4.69) is 35.3 Å². The smallest absolute Gasteiger partial charge is 0.311 e. The van der Waals surface area contributed by atoms with Crippen LogP contribution in [0.4, 0.5) is 10.9 Å². The Balaban J connectivity index is 1.38. The highest BCUT2D eigenvalue weighted by atomic mass is 32.1. The first kappa shape index (κ1) is 20.8. The summed E-state index contributed by atoms with van der Waals surface area (Å²) in [5.74, 6) is 0.738. The number of ether oxygens (including phenoxy) is 1. The van der Waals surface area contributed by atoms with E-state index in [0.717, 1.165) is 25.2 Å². The first-order chi connectivity index (χ1) is 15.1. The lowest BCUT2D eigenvalue weighted by molar-refractivity contribution is -0.142. The topological polar surface area (TPSA) is 128 Å². The fourth-order valence-electron chi connectivity index (χ4n) is 3.37. The predicted octanol–water partition coefficient (Wildman–Crippen LogP) is 1.47. The Morgan fingerprint density at radius 3 is 2.97 bits per heavy atom. The second-order valence-corrected chi connectivity index (χ2v) is 7.83. The minimum atomic E-state index is -0.330. The molecule has 31 heavy (non-hydrogen) atoms. The summed E-state index contributed by atoms with van der Waals surface area (Å²) < 4.78 is 6.50. The van der Waals surface area contributed by atoms with Crippen molar-refractivity contribution < 1.29 is 14.3 Å². The molecule has 0 aliphatic carbocycles. The van der Waals surface area contributed by atoms with E-state index in [4.69, 9.17) is 4.74 Å². The van der Waals surface area contributed by atoms with Gasteiger partial charge in [0, 0.05) is 24.5 Å². The molecular weight excluding hydrogens is 420 g/mol. The molecule has 1 N–H and O–H groups in total. The largest absolute Gasteiger partial charge is 0.466 e. The van der Waals surface area contributed by atoms with E-state index >= 15 is 0 Å². The Bertz CT molecular complexity index is 1040. The van der Waals surface area contributed by atoms with Crippen molar-refractivity contribution in [3.05, 3.63) is 36.1 Å². The van der Waals surface area contributed by atoms with Crippen LogP contribution in [0.3, 0.4) is 0 Å². The summed E-state index contributed by atoms with van der Waals surface area (Å²) >= 11 is 1.30. The minimum absolute atomic E-state index is 0.0905. The maximum absolute atomic E-state index is 12.8. The van der Waals surface area contributed by atoms with Gasteiger partial charge in [0.05, 0.1) is 24.6 Å². The zero-order valence-electron chi connectivity index (χ0n) is 17.0. The third-order valence-corrected chi connectivity index (χ3v) is 5.63. The first-order valence-electron chi connectivity index (χ1n) is 9.95. The summed E-state index contributed by atoms with van der Waals surface area (Å²) in [5, 5.41) is 9.21. The van der Waals surface area contributed by atoms with Gasteiger partial charge in [-0.05, 0) is 19.8 Å². The van der Waals surface area contributed by atoms with E-state index in [9.17, 15) is 9.59 Å². The third kappa shape index (κ3) is 5.20. The lowest BCUT2D eigenvalue weighted by Crippen LogP contribution is -2.41. The average molecular weight is 443 g/mol. The number of anilines is 2. The van der Waals surface area contributed by atoms with Gasteiger partial charge < -0.3 is 15.0 Å². The van der Waals surface area contributed by atoms with Crippen LogP contribution in [0, 0.1) is 5.92 Å². The molecule has 1 amide bonds. The molecule has 1 saturated heterocycles. The fourth-order valence-corrected chi connectivity index (χ4v) is 4.09. The molecule has 0 spiro atoms. The molecule has 0 aromatic carbocycles. The molecule has 3 aromatic rings. The number of carbonyl (C=O) groups is 2. The summed E-state index contributed by atoms with van der Waals surface area (Å²) in [7, 11) is 0.